The first kappa shape index (κ1) is 14.6. The molecule has 0 aromatic heterocycles. The highest BCUT2D eigenvalue weighted by atomic mass is 79.9. The quantitative estimate of drug-likeness (QED) is 0.884. The number of carbonyl (C=O) groups excluding carboxylic acids is 1. The van der Waals surface area contributed by atoms with Crippen LogP contribution in [0.4, 0.5) is 5.69 Å². The minimum Gasteiger partial charge on any atom is -0.493 e. The number of nitrogens with one attached hydrogen (secondary N) is 2. The van der Waals surface area contributed by atoms with Gasteiger partial charge in [0.05, 0.1) is 23.2 Å². The molecular formula is C13H16BrClN2O2. The first-order valence-electron chi connectivity index (χ1n) is 6.07. The fraction of sp³-hybridized carbons (Fsp3) is 0.462. The molecule has 1 saturated heterocycles. The number of methoxy groups -OCH3 is 1. The van der Waals surface area contributed by atoms with Crippen molar-refractivity contribution in [2.24, 2.45) is 11.8 Å². The number of rotatable bonds is 3. The second kappa shape index (κ2) is 6.11. The summed E-state index contributed by atoms with van der Waals surface area (Å²) in [5, 5.41) is 6.65. The summed E-state index contributed by atoms with van der Waals surface area (Å²) in [5.41, 5.74) is 0.589. The lowest BCUT2D eigenvalue weighted by Crippen LogP contribution is -2.28. The lowest BCUT2D eigenvalue weighted by Gasteiger charge is -2.17. The summed E-state index contributed by atoms with van der Waals surface area (Å²) in [6, 6.07) is 3.42. The van der Waals surface area contributed by atoms with Crippen LogP contribution >= 0.6 is 27.5 Å². The van der Waals surface area contributed by atoms with Gasteiger partial charge in [-0.3, -0.25) is 4.79 Å². The van der Waals surface area contributed by atoms with E-state index in [2.05, 4.69) is 33.5 Å². The van der Waals surface area contributed by atoms with Crippen LogP contribution in [-0.4, -0.2) is 26.1 Å². The Morgan fingerprint density at radius 1 is 1.53 bits per heavy atom. The SMILES string of the molecule is COc1c(Br)cc(Cl)cc1NC(=O)[C@@H]1CNC[C@H]1C. The summed E-state index contributed by atoms with van der Waals surface area (Å²) in [7, 11) is 1.56. The van der Waals surface area contributed by atoms with Crippen LogP contribution in [0, 0.1) is 11.8 Å². The average molecular weight is 348 g/mol. The summed E-state index contributed by atoms with van der Waals surface area (Å²) in [6.07, 6.45) is 0. The van der Waals surface area contributed by atoms with Gasteiger partial charge in [-0.05, 0) is 40.5 Å². The van der Waals surface area contributed by atoms with Gasteiger partial charge >= 0.3 is 0 Å². The van der Waals surface area contributed by atoms with Gasteiger partial charge in [0.15, 0.2) is 5.75 Å². The van der Waals surface area contributed by atoms with E-state index in [9.17, 15) is 4.79 Å². The molecule has 6 heteroatoms. The molecule has 1 fully saturated rings. The molecule has 2 rings (SSSR count). The van der Waals surface area contributed by atoms with Crippen molar-refractivity contribution < 1.29 is 9.53 Å². The first-order chi connectivity index (χ1) is 9.02. The van der Waals surface area contributed by atoms with Gasteiger partial charge < -0.3 is 15.4 Å². The number of hydrogen-bond acceptors (Lipinski definition) is 3. The van der Waals surface area contributed by atoms with Crippen molar-refractivity contribution in [1.29, 1.82) is 0 Å². The molecule has 0 saturated carbocycles. The average Bonchev–Trinajstić information content (AvgIpc) is 2.75. The largest absolute Gasteiger partial charge is 0.493 e. The topological polar surface area (TPSA) is 50.4 Å². The summed E-state index contributed by atoms with van der Waals surface area (Å²) in [6.45, 7) is 3.64. The molecule has 0 aliphatic carbocycles. The molecule has 1 heterocycles. The molecule has 0 spiro atoms. The van der Waals surface area contributed by atoms with E-state index in [0.717, 1.165) is 11.0 Å². The first-order valence-corrected chi connectivity index (χ1v) is 7.24. The maximum absolute atomic E-state index is 12.3. The smallest absolute Gasteiger partial charge is 0.229 e. The van der Waals surface area contributed by atoms with Crippen molar-refractivity contribution in [1.82, 2.24) is 5.32 Å². The van der Waals surface area contributed by atoms with E-state index in [0.29, 0.717) is 28.9 Å². The zero-order chi connectivity index (χ0) is 14.0. The van der Waals surface area contributed by atoms with E-state index in [1.165, 1.54) is 0 Å². The van der Waals surface area contributed by atoms with E-state index in [4.69, 9.17) is 16.3 Å². The Morgan fingerprint density at radius 2 is 2.26 bits per heavy atom. The molecule has 1 aliphatic rings. The minimum atomic E-state index is -0.0255. The minimum absolute atomic E-state index is 0.00929. The van der Waals surface area contributed by atoms with Crippen LogP contribution in [0.2, 0.25) is 5.02 Å². The Labute approximate surface area is 126 Å². The predicted octanol–water partition coefficient (Wildman–Crippen LogP) is 2.91. The third kappa shape index (κ3) is 3.22. The zero-order valence-corrected chi connectivity index (χ0v) is 13.1. The molecule has 1 amide bonds. The number of amides is 1. The Morgan fingerprint density at radius 3 is 2.84 bits per heavy atom. The summed E-state index contributed by atoms with van der Waals surface area (Å²) < 4.78 is 6.00. The monoisotopic (exact) mass is 346 g/mol. The Kier molecular flexibility index (Phi) is 4.71. The molecule has 104 valence electrons. The number of benzene rings is 1. The number of anilines is 1. The van der Waals surface area contributed by atoms with Gasteiger partial charge in [0.2, 0.25) is 5.91 Å². The molecule has 0 bridgehead atoms. The van der Waals surface area contributed by atoms with Crippen LogP contribution in [0.1, 0.15) is 6.92 Å². The maximum Gasteiger partial charge on any atom is 0.229 e. The molecule has 0 radical (unpaired) electrons. The standard InChI is InChI=1S/C13H16BrClN2O2/c1-7-5-16-6-9(7)13(18)17-11-4-8(15)3-10(14)12(11)19-2/h3-4,7,9,16H,5-6H2,1-2H3,(H,17,18)/t7-,9-/m1/s1. The molecule has 0 unspecified atom stereocenters. The molecule has 1 aromatic carbocycles. The highest BCUT2D eigenvalue weighted by molar-refractivity contribution is 9.10. The van der Waals surface area contributed by atoms with Crippen LogP contribution < -0.4 is 15.4 Å². The van der Waals surface area contributed by atoms with E-state index in [1.54, 1.807) is 19.2 Å². The van der Waals surface area contributed by atoms with Crippen LogP contribution in [0.15, 0.2) is 16.6 Å². The fourth-order valence-corrected chi connectivity index (χ4v) is 3.22. The van der Waals surface area contributed by atoms with Gasteiger partial charge in [0, 0.05) is 11.6 Å². The van der Waals surface area contributed by atoms with E-state index in [-0.39, 0.29) is 11.8 Å². The summed E-state index contributed by atoms with van der Waals surface area (Å²) in [4.78, 5) is 12.3. The van der Waals surface area contributed by atoms with Crippen LogP contribution in [0.5, 0.6) is 5.75 Å². The Hall–Kier alpha value is -0.780. The number of hydrogen-bond donors (Lipinski definition) is 2. The fourth-order valence-electron chi connectivity index (χ4n) is 2.25. The normalized spacial score (nSPS) is 22.3. The maximum atomic E-state index is 12.3. The van der Waals surface area contributed by atoms with Gasteiger partial charge in [-0.25, -0.2) is 0 Å². The van der Waals surface area contributed by atoms with Crippen LogP contribution in [-0.2, 0) is 4.79 Å². The number of ether oxygens (including phenoxy) is 1. The third-order valence-electron chi connectivity index (χ3n) is 3.32. The number of carbonyl (C=O) groups is 1. The Bertz CT molecular complexity index is 496. The second-order valence-corrected chi connectivity index (χ2v) is 5.99. The van der Waals surface area contributed by atoms with Gasteiger partial charge in [-0.15, -0.1) is 0 Å². The highest BCUT2D eigenvalue weighted by Gasteiger charge is 2.30. The van der Waals surface area contributed by atoms with Gasteiger partial charge in [0.25, 0.3) is 0 Å². The van der Waals surface area contributed by atoms with Gasteiger partial charge in [0.1, 0.15) is 0 Å². The van der Waals surface area contributed by atoms with Crippen LogP contribution in [0.3, 0.4) is 0 Å². The van der Waals surface area contributed by atoms with Crippen molar-refractivity contribution in [2.75, 3.05) is 25.5 Å². The van der Waals surface area contributed by atoms with Gasteiger partial charge in [-0.2, -0.15) is 0 Å². The molecule has 4 nitrogen and oxygen atoms in total. The molecule has 2 atom stereocenters. The zero-order valence-electron chi connectivity index (χ0n) is 10.8. The van der Waals surface area contributed by atoms with Crippen LogP contribution in [0.25, 0.3) is 0 Å². The van der Waals surface area contributed by atoms with E-state index in [1.807, 2.05) is 0 Å². The number of halogens is 2. The van der Waals surface area contributed by atoms with Crippen molar-refractivity contribution in [3.63, 3.8) is 0 Å². The van der Waals surface area contributed by atoms with Crippen molar-refractivity contribution >= 4 is 39.1 Å². The highest BCUT2D eigenvalue weighted by Crippen LogP contribution is 2.36. The molecule has 19 heavy (non-hydrogen) atoms. The van der Waals surface area contributed by atoms with Crippen molar-refractivity contribution in [2.45, 2.75) is 6.92 Å². The molecule has 2 N–H and O–H groups in total. The van der Waals surface area contributed by atoms with Crippen molar-refractivity contribution in [3.8, 4) is 5.75 Å². The summed E-state index contributed by atoms with van der Waals surface area (Å²) >= 11 is 9.37. The van der Waals surface area contributed by atoms with Gasteiger partial charge in [-0.1, -0.05) is 18.5 Å². The summed E-state index contributed by atoms with van der Waals surface area (Å²) in [5.74, 6) is 0.873. The molecule has 1 aromatic rings. The molecule has 1 aliphatic heterocycles. The lowest BCUT2D eigenvalue weighted by molar-refractivity contribution is -0.120. The van der Waals surface area contributed by atoms with Crippen molar-refractivity contribution in [3.05, 3.63) is 21.6 Å². The van der Waals surface area contributed by atoms with E-state index >= 15 is 0 Å². The Balaban J connectivity index is 2.20. The molecular weight excluding hydrogens is 332 g/mol. The third-order valence-corrected chi connectivity index (χ3v) is 4.13. The predicted molar refractivity (Wildman–Crippen MR) is 79.9 cm³/mol. The lowest BCUT2D eigenvalue weighted by atomic mass is 9.97. The van der Waals surface area contributed by atoms with E-state index < -0.39 is 0 Å². The second-order valence-electron chi connectivity index (χ2n) is 4.70.